The van der Waals surface area contributed by atoms with Crippen molar-refractivity contribution in [2.45, 2.75) is 6.04 Å². The lowest BCUT2D eigenvalue weighted by atomic mass is 10.1. The van der Waals surface area contributed by atoms with E-state index in [1.165, 1.54) is 0 Å². The first-order chi connectivity index (χ1) is 10.1. The van der Waals surface area contributed by atoms with Crippen LogP contribution in [0.3, 0.4) is 0 Å². The Balaban J connectivity index is 1.73. The van der Waals surface area contributed by atoms with Gasteiger partial charge in [0.05, 0.1) is 0 Å². The Labute approximate surface area is 130 Å². The number of amides is 1. The van der Waals surface area contributed by atoms with Crippen molar-refractivity contribution in [3.63, 3.8) is 0 Å². The van der Waals surface area contributed by atoms with E-state index >= 15 is 0 Å². The van der Waals surface area contributed by atoms with Crippen molar-refractivity contribution >= 4 is 33.7 Å². The molecule has 1 aliphatic rings. The molecular weight excluding hydrogens is 310 g/mol. The summed E-state index contributed by atoms with van der Waals surface area (Å²) >= 11 is 6.51. The molecule has 0 spiro atoms. The van der Waals surface area contributed by atoms with E-state index in [1.54, 1.807) is 48.5 Å². The molecular formula is C15H10ClNO3S. The summed E-state index contributed by atoms with van der Waals surface area (Å²) in [6, 6.07) is 13.5. The molecule has 1 heterocycles. The summed E-state index contributed by atoms with van der Waals surface area (Å²) in [6.07, 6.45) is 0. The minimum Gasteiger partial charge on any atom is -0.457 e. The monoisotopic (exact) mass is 319 g/mol. The van der Waals surface area contributed by atoms with Gasteiger partial charge >= 0.3 is 0 Å². The van der Waals surface area contributed by atoms with Gasteiger partial charge in [0.25, 0.3) is 5.24 Å². The average molecular weight is 320 g/mol. The van der Waals surface area contributed by atoms with E-state index in [1.807, 2.05) is 0 Å². The van der Waals surface area contributed by atoms with E-state index in [0.29, 0.717) is 28.3 Å². The molecule has 2 aromatic carbocycles. The maximum Gasteiger partial charge on any atom is 0.287 e. The standard InChI is InChI=1S/C15H10ClNO3S/c16-10-3-7-12(8-4-10)20-11-5-1-9(2-6-11)13-14(18)21-15(19)17-13/h1-8,13H,(H,17,19). The fourth-order valence-electron chi connectivity index (χ4n) is 1.94. The Morgan fingerprint density at radius 2 is 1.52 bits per heavy atom. The zero-order valence-corrected chi connectivity index (χ0v) is 12.3. The van der Waals surface area contributed by atoms with Gasteiger partial charge in [-0.25, -0.2) is 0 Å². The highest BCUT2D eigenvalue weighted by Crippen LogP contribution is 2.30. The first kappa shape index (κ1) is 14.0. The van der Waals surface area contributed by atoms with Crippen LogP contribution in [-0.2, 0) is 4.79 Å². The van der Waals surface area contributed by atoms with Gasteiger partial charge in [-0.2, -0.15) is 0 Å². The van der Waals surface area contributed by atoms with Crippen LogP contribution < -0.4 is 10.1 Å². The Morgan fingerprint density at radius 3 is 2.05 bits per heavy atom. The number of benzene rings is 2. The number of halogens is 1. The minimum atomic E-state index is -0.577. The number of carbonyl (C=O) groups is 2. The van der Waals surface area contributed by atoms with Gasteiger partial charge in [-0.3, -0.25) is 9.59 Å². The Morgan fingerprint density at radius 1 is 0.952 bits per heavy atom. The third kappa shape index (κ3) is 3.20. The van der Waals surface area contributed by atoms with Crippen LogP contribution in [0.15, 0.2) is 48.5 Å². The molecule has 2 aromatic rings. The number of nitrogens with one attached hydrogen (secondary N) is 1. The molecule has 1 N–H and O–H groups in total. The first-order valence-corrected chi connectivity index (χ1v) is 7.37. The van der Waals surface area contributed by atoms with E-state index in [9.17, 15) is 9.59 Å². The quantitative estimate of drug-likeness (QED) is 0.923. The maximum absolute atomic E-state index is 11.6. The molecule has 1 atom stereocenters. The van der Waals surface area contributed by atoms with Gasteiger partial charge in [0.2, 0.25) is 5.12 Å². The van der Waals surface area contributed by atoms with Crippen LogP contribution >= 0.6 is 23.4 Å². The molecule has 3 rings (SSSR count). The van der Waals surface area contributed by atoms with E-state index < -0.39 is 6.04 Å². The molecule has 1 amide bonds. The first-order valence-electron chi connectivity index (χ1n) is 6.17. The molecule has 0 saturated carbocycles. The molecule has 4 nitrogen and oxygen atoms in total. The van der Waals surface area contributed by atoms with Gasteiger partial charge < -0.3 is 10.1 Å². The van der Waals surface area contributed by atoms with Crippen LogP contribution in [0, 0.1) is 0 Å². The molecule has 0 aromatic heterocycles. The largest absolute Gasteiger partial charge is 0.457 e. The average Bonchev–Trinajstić information content (AvgIpc) is 2.81. The molecule has 1 fully saturated rings. The molecule has 1 aliphatic heterocycles. The summed E-state index contributed by atoms with van der Waals surface area (Å²) < 4.78 is 5.66. The van der Waals surface area contributed by atoms with Crippen molar-refractivity contribution in [1.29, 1.82) is 0 Å². The van der Waals surface area contributed by atoms with Crippen LogP contribution in [0.2, 0.25) is 5.02 Å². The normalized spacial score (nSPS) is 17.7. The number of thioether (sulfide) groups is 1. The topological polar surface area (TPSA) is 55.4 Å². The summed E-state index contributed by atoms with van der Waals surface area (Å²) in [6.45, 7) is 0. The third-order valence-electron chi connectivity index (χ3n) is 2.95. The van der Waals surface area contributed by atoms with E-state index in [-0.39, 0.29) is 10.4 Å². The van der Waals surface area contributed by atoms with Crippen molar-refractivity contribution in [2.24, 2.45) is 0 Å². The van der Waals surface area contributed by atoms with Gasteiger partial charge in [0.1, 0.15) is 17.5 Å². The fourth-order valence-corrected chi connectivity index (χ4v) is 2.74. The molecule has 106 valence electrons. The highest BCUT2D eigenvalue weighted by molar-refractivity contribution is 8.26. The number of carbonyl (C=O) groups excluding carboxylic acids is 2. The van der Waals surface area contributed by atoms with Crippen molar-refractivity contribution in [3.05, 3.63) is 59.1 Å². The molecule has 0 radical (unpaired) electrons. The summed E-state index contributed by atoms with van der Waals surface area (Å²) in [5.41, 5.74) is 0.738. The Bertz CT molecular complexity index is 685. The lowest BCUT2D eigenvalue weighted by molar-refractivity contribution is -0.112. The van der Waals surface area contributed by atoms with Gasteiger partial charge in [-0.15, -0.1) is 0 Å². The second-order valence-corrected chi connectivity index (χ2v) is 5.82. The van der Waals surface area contributed by atoms with E-state index in [2.05, 4.69) is 5.32 Å². The zero-order valence-electron chi connectivity index (χ0n) is 10.7. The van der Waals surface area contributed by atoms with Crippen molar-refractivity contribution in [3.8, 4) is 11.5 Å². The number of hydrogen-bond donors (Lipinski definition) is 1. The van der Waals surface area contributed by atoms with Crippen molar-refractivity contribution in [2.75, 3.05) is 0 Å². The van der Waals surface area contributed by atoms with Crippen molar-refractivity contribution < 1.29 is 14.3 Å². The van der Waals surface area contributed by atoms with Crippen molar-refractivity contribution in [1.82, 2.24) is 5.32 Å². The molecule has 1 unspecified atom stereocenters. The highest BCUT2D eigenvalue weighted by atomic mass is 35.5. The molecule has 21 heavy (non-hydrogen) atoms. The van der Waals surface area contributed by atoms with Crippen LogP contribution in [-0.4, -0.2) is 10.4 Å². The van der Waals surface area contributed by atoms with Gasteiger partial charge in [0, 0.05) is 16.8 Å². The Kier molecular flexibility index (Phi) is 3.86. The summed E-state index contributed by atoms with van der Waals surface area (Å²) in [7, 11) is 0. The summed E-state index contributed by atoms with van der Waals surface area (Å²) in [4.78, 5) is 22.8. The lowest BCUT2D eigenvalue weighted by Gasteiger charge is -2.10. The smallest absolute Gasteiger partial charge is 0.287 e. The Hall–Kier alpha value is -1.98. The van der Waals surface area contributed by atoms with Gasteiger partial charge in [-0.05, 0) is 42.0 Å². The maximum atomic E-state index is 11.6. The minimum absolute atomic E-state index is 0.189. The van der Waals surface area contributed by atoms with Gasteiger partial charge in [-0.1, -0.05) is 23.7 Å². The molecule has 0 bridgehead atoms. The van der Waals surface area contributed by atoms with E-state index in [0.717, 1.165) is 5.56 Å². The summed E-state index contributed by atoms with van der Waals surface area (Å²) in [5.74, 6) is 1.32. The van der Waals surface area contributed by atoms with Crippen LogP contribution in [0.4, 0.5) is 4.79 Å². The van der Waals surface area contributed by atoms with Crippen LogP contribution in [0.5, 0.6) is 11.5 Å². The second-order valence-electron chi connectivity index (χ2n) is 4.41. The number of ether oxygens (including phenoxy) is 1. The predicted molar refractivity (Wildman–Crippen MR) is 81.8 cm³/mol. The summed E-state index contributed by atoms with van der Waals surface area (Å²) in [5, 5.41) is 2.76. The highest BCUT2D eigenvalue weighted by Gasteiger charge is 2.32. The number of rotatable bonds is 3. The lowest BCUT2D eigenvalue weighted by Crippen LogP contribution is -2.19. The SMILES string of the molecule is O=C1NC(c2ccc(Oc3ccc(Cl)cc3)cc2)C(=O)S1. The third-order valence-corrected chi connectivity index (χ3v) is 3.95. The predicted octanol–water partition coefficient (Wildman–Crippen LogP) is 4.16. The fraction of sp³-hybridized carbons (Fsp3) is 0.0667. The second kappa shape index (κ2) is 5.79. The molecule has 6 heteroatoms. The zero-order chi connectivity index (χ0) is 14.8. The molecule has 0 aliphatic carbocycles. The van der Waals surface area contributed by atoms with Crippen LogP contribution in [0.1, 0.15) is 11.6 Å². The number of hydrogen-bond acceptors (Lipinski definition) is 4. The van der Waals surface area contributed by atoms with Gasteiger partial charge in [0.15, 0.2) is 0 Å². The van der Waals surface area contributed by atoms with E-state index in [4.69, 9.17) is 16.3 Å². The van der Waals surface area contributed by atoms with Crippen LogP contribution in [0.25, 0.3) is 0 Å². The molecule has 1 saturated heterocycles.